The van der Waals surface area contributed by atoms with Crippen LogP contribution in [-0.2, 0) is 10.0 Å². The van der Waals surface area contributed by atoms with Crippen molar-refractivity contribution in [2.45, 2.75) is 36.6 Å². The number of rotatable bonds is 7. The van der Waals surface area contributed by atoms with E-state index in [0.29, 0.717) is 22.4 Å². The second kappa shape index (κ2) is 8.00. The van der Waals surface area contributed by atoms with Crippen molar-refractivity contribution < 1.29 is 30.7 Å². The van der Waals surface area contributed by atoms with Gasteiger partial charge in [0.15, 0.2) is 0 Å². The van der Waals surface area contributed by atoms with E-state index in [1.807, 2.05) is 0 Å². The van der Waals surface area contributed by atoms with Crippen molar-refractivity contribution in [3.63, 3.8) is 0 Å². The molecule has 0 aromatic heterocycles. The lowest BCUT2D eigenvalue weighted by Gasteiger charge is -2.20. The van der Waals surface area contributed by atoms with Gasteiger partial charge in [0.05, 0.1) is 4.90 Å². The number of alkyl halides is 3. The van der Waals surface area contributed by atoms with Crippen molar-refractivity contribution in [3.8, 4) is 5.75 Å². The van der Waals surface area contributed by atoms with E-state index in [9.17, 15) is 26.0 Å². The molecular formula is C18H16BrF4NO3S. The molecule has 0 aliphatic heterocycles. The third kappa shape index (κ3) is 5.92. The van der Waals surface area contributed by atoms with Crippen LogP contribution in [0.3, 0.4) is 0 Å². The first-order valence-corrected chi connectivity index (χ1v) is 10.6. The van der Waals surface area contributed by atoms with Crippen LogP contribution >= 0.6 is 15.9 Å². The van der Waals surface area contributed by atoms with Crippen LogP contribution in [0.25, 0.3) is 0 Å². The number of benzene rings is 2. The first-order chi connectivity index (χ1) is 13.0. The Morgan fingerprint density at radius 2 is 1.79 bits per heavy atom. The summed E-state index contributed by atoms with van der Waals surface area (Å²) in [5, 5.41) is 0. The Morgan fingerprint density at radius 3 is 2.32 bits per heavy atom. The molecule has 28 heavy (non-hydrogen) atoms. The average molecular weight is 482 g/mol. The molecule has 1 aliphatic carbocycles. The maximum absolute atomic E-state index is 13.8. The lowest BCUT2D eigenvalue weighted by Crippen LogP contribution is -2.29. The maximum atomic E-state index is 13.8. The molecule has 2 aromatic rings. The Kier molecular flexibility index (Phi) is 6.02. The topological polar surface area (TPSA) is 55.4 Å². The first-order valence-electron chi connectivity index (χ1n) is 8.36. The largest absolute Gasteiger partial charge is 0.573 e. The van der Waals surface area contributed by atoms with Crippen LogP contribution in [0.1, 0.15) is 30.9 Å². The van der Waals surface area contributed by atoms with Crippen LogP contribution in [-0.4, -0.2) is 14.8 Å². The van der Waals surface area contributed by atoms with Crippen molar-refractivity contribution in [2.75, 3.05) is 0 Å². The Hall–Kier alpha value is -1.65. The van der Waals surface area contributed by atoms with Gasteiger partial charge in [0.25, 0.3) is 0 Å². The molecule has 1 atom stereocenters. The summed E-state index contributed by atoms with van der Waals surface area (Å²) in [5.41, 5.74) is 0.472. The lowest BCUT2D eigenvalue weighted by molar-refractivity contribution is -0.274. The van der Waals surface area contributed by atoms with Crippen LogP contribution in [0, 0.1) is 11.7 Å². The molecule has 0 bridgehead atoms. The lowest BCUT2D eigenvalue weighted by atomic mass is 10.0. The van der Waals surface area contributed by atoms with Gasteiger partial charge in [-0.05, 0) is 60.4 Å². The second-order valence-corrected chi connectivity index (χ2v) is 9.20. The molecule has 1 saturated carbocycles. The Balaban J connectivity index is 1.82. The van der Waals surface area contributed by atoms with E-state index in [1.54, 1.807) is 6.07 Å². The third-order valence-electron chi connectivity index (χ3n) is 4.22. The highest BCUT2D eigenvalue weighted by atomic mass is 79.9. The molecule has 2 aromatic carbocycles. The summed E-state index contributed by atoms with van der Waals surface area (Å²) in [5.74, 6) is -0.676. The number of hydrogen-bond acceptors (Lipinski definition) is 3. The van der Waals surface area contributed by atoms with E-state index < -0.39 is 34.0 Å². The van der Waals surface area contributed by atoms with Crippen LogP contribution in [0.15, 0.2) is 51.8 Å². The minimum absolute atomic E-state index is 0.210. The van der Waals surface area contributed by atoms with E-state index in [1.165, 1.54) is 12.1 Å². The molecule has 0 spiro atoms. The molecule has 4 nitrogen and oxygen atoms in total. The molecular weight excluding hydrogens is 466 g/mol. The smallest absolute Gasteiger partial charge is 0.406 e. The van der Waals surface area contributed by atoms with Gasteiger partial charge in [0.1, 0.15) is 11.6 Å². The van der Waals surface area contributed by atoms with E-state index in [2.05, 4.69) is 25.4 Å². The van der Waals surface area contributed by atoms with E-state index in [-0.39, 0.29) is 4.90 Å². The summed E-state index contributed by atoms with van der Waals surface area (Å²) in [6.07, 6.45) is -2.42. The van der Waals surface area contributed by atoms with Crippen molar-refractivity contribution in [2.24, 2.45) is 5.92 Å². The molecule has 152 valence electrons. The second-order valence-electron chi connectivity index (χ2n) is 6.57. The highest BCUT2D eigenvalue weighted by molar-refractivity contribution is 9.10. The zero-order valence-electron chi connectivity index (χ0n) is 14.3. The molecule has 0 heterocycles. The number of halogens is 5. The van der Waals surface area contributed by atoms with Gasteiger partial charge in [-0.15, -0.1) is 13.2 Å². The molecule has 10 heteroatoms. The normalized spacial score (nSPS) is 16.0. The average Bonchev–Trinajstić information content (AvgIpc) is 3.36. The molecule has 0 unspecified atom stereocenters. The molecule has 1 N–H and O–H groups in total. The summed E-state index contributed by atoms with van der Waals surface area (Å²) in [6.45, 7) is 0. The fraction of sp³-hybridized carbons (Fsp3) is 0.333. The minimum Gasteiger partial charge on any atom is -0.406 e. The molecule has 1 fully saturated rings. The third-order valence-corrected chi connectivity index (χ3v) is 6.16. The molecule has 0 saturated heterocycles. The predicted octanol–water partition coefficient (Wildman–Crippen LogP) is 5.31. The number of nitrogens with one attached hydrogen (secondary N) is 1. The molecule has 0 radical (unpaired) electrons. The van der Waals surface area contributed by atoms with Crippen LogP contribution in [0.5, 0.6) is 5.75 Å². The molecule has 1 aliphatic rings. The van der Waals surface area contributed by atoms with Gasteiger partial charge in [-0.25, -0.2) is 17.5 Å². The minimum atomic E-state index is -4.86. The summed E-state index contributed by atoms with van der Waals surface area (Å²) in [7, 11) is -4.04. The maximum Gasteiger partial charge on any atom is 0.573 e. The Morgan fingerprint density at radius 1 is 1.14 bits per heavy atom. The number of ether oxygens (including phenoxy) is 1. The SMILES string of the molecule is O=S(=O)(N[C@@H](CC1CC1)c1cc(F)cc(Br)c1)c1ccc(OC(F)(F)F)cc1. The fourth-order valence-corrected chi connectivity index (χ4v) is 4.51. The van der Waals surface area contributed by atoms with Gasteiger partial charge < -0.3 is 4.74 Å². The predicted molar refractivity (Wildman–Crippen MR) is 97.6 cm³/mol. The fourth-order valence-electron chi connectivity index (χ4n) is 2.79. The van der Waals surface area contributed by atoms with Gasteiger partial charge in [0.2, 0.25) is 10.0 Å². The highest BCUT2D eigenvalue weighted by Gasteiger charge is 2.32. The zero-order valence-corrected chi connectivity index (χ0v) is 16.7. The van der Waals surface area contributed by atoms with E-state index in [0.717, 1.165) is 37.1 Å². The van der Waals surface area contributed by atoms with Gasteiger partial charge in [-0.1, -0.05) is 28.8 Å². The Labute approximate surface area is 168 Å². The summed E-state index contributed by atoms with van der Waals surface area (Å²) in [4.78, 5) is -0.210. The van der Waals surface area contributed by atoms with Gasteiger partial charge in [-0.2, -0.15) is 0 Å². The molecule has 0 amide bonds. The van der Waals surface area contributed by atoms with Gasteiger partial charge in [-0.3, -0.25) is 0 Å². The van der Waals surface area contributed by atoms with E-state index in [4.69, 9.17) is 0 Å². The molecule has 3 rings (SSSR count). The van der Waals surface area contributed by atoms with Crippen LogP contribution in [0.2, 0.25) is 0 Å². The number of sulfonamides is 1. The van der Waals surface area contributed by atoms with E-state index >= 15 is 0 Å². The van der Waals surface area contributed by atoms with Gasteiger partial charge >= 0.3 is 6.36 Å². The standard InChI is InChI=1S/C18H16BrF4NO3S/c19-13-8-12(9-14(20)10-13)17(7-11-1-2-11)24-28(25,26)16-5-3-15(4-6-16)27-18(21,22)23/h3-6,8-11,17,24H,1-2,7H2/t17-/m0/s1. The van der Waals surface area contributed by atoms with Gasteiger partial charge in [0, 0.05) is 10.5 Å². The monoisotopic (exact) mass is 481 g/mol. The summed E-state index contributed by atoms with van der Waals surface area (Å²) < 4.78 is 82.7. The van der Waals surface area contributed by atoms with Crippen molar-refractivity contribution in [3.05, 3.63) is 58.3 Å². The summed E-state index contributed by atoms with van der Waals surface area (Å²) >= 11 is 3.20. The Bertz CT molecular complexity index is 924. The first kappa shape index (κ1) is 21.1. The van der Waals surface area contributed by atoms with Crippen molar-refractivity contribution in [1.82, 2.24) is 4.72 Å². The van der Waals surface area contributed by atoms with Crippen LogP contribution < -0.4 is 9.46 Å². The van der Waals surface area contributed by atoms with Crippen molar-refractivity contribution in [1.29, 1.82) is 0 Å². The number of hydrogen-bond donors (Lipinski definition) is 1. The summed E-state index contributed by atoms with van der Waals surface area (Å²) in [6, 6.07) is 7.42. The van der Waals surface area contributed by atoms with Crippen molar-refractivity contribution >= 4 is 26.0 Å². The van der Waals surface area contributed by atoms with Crippen LogP contribution in [0.4, 0.5) is 17.6 Å². The quantitative estimate of drug-likeness (QED) is 0.545. The highest BCUT2D eigenvalue weighted by Crippen LogP contribution is 2.39. The zero-order chi connectivity index (χ0) is 20.5.